The van der Waals surface area contributed by atoms with Crippen molar-refractivity contribution in [1.82, 2.24) is 5.32 Å². The molecule has 2 N–H and O–H groups in total. The molecule has 15 heavy (non-hydrogen) atoms. The maximum atomic E-state index is 12.6. The average Bonchev–Trinajstić information content (AvgIpc) is 2.20. The first-order chi connectivity index (χ1) is 7.18. The van der Waals surface area contributed by atoms with E-state index in [1.165, 1.54) is 12.1 Å². The van der Waals surface area contributed by atoms with Crippen molar-refractivity contribution in [3.63, 3.8) is 0 Å². The van der Waals surface area contributed by atoms with E-state index in [4.69, 9.17) is 5.11 Å². The molecule has 0 aliphatic rings. The third kappa shape index (κ3) is 5.30. The zero-order valence-electron chi connectivity index (χ0n) is 8.78. The van der Waals surface area contributed by atoms with Crippen LogP contribution < -0.4 is 5.32 Å². The number of hydrogen-bond acceptors (Lipinski definition) is 2. The molecule has 0 amide bonds. The summed E-state index contributed by atoms with van der Waals surface area (Å²) >= 11 is 0. The first-order valence-electron chi connectivity index (χ1n) is 4.99. The third-order valence-electron chi connectivity index (χ3n) is 1.88. The zero-order chi connectivity index (χ0) is 11.1. The summed E-state index contributed by atoms with van der Waals surface area (Å²) in [4.78, 5) is 0. The van der Waals surface area contributed by atoms with Gasteiger partial charge in [-0.05, 0) is 24.6 Å². The van der Waals surface area contributed by atoms with E-state index in [1.807, 2.05) is 12.2 Å². The van der Waals surface area contributed by atoms with E-state index < -0.39 is 0 Å². The van der Waals surface area contributed by atoms with Crippen LogP contribution >= 0.6 is 0 Å². The van der Waals surface area contributed by atoms with Crippen LogP contribution in [-0.4, -0.2) is 24.3 Å². The van der Waals surface area contributed by atoms with Crippen LogP contribution in [0.15, 0.2) is 30.3 Å². The van der Waals surface area contributed by atoms with Crippen LogP contribution in [0.3, 0.4) is 0 Å². The number of hydrogen-bond donors (Lipinski definition) is 2. The van der Waals surface area contributed by atoms with Crippen LogP contribution in [0, 0.1) is 5.82 Å². The quantitative estimate of drug-likeness (QED) is 0.725. The Kier molecular flexibility index (Phi) is 5.01. The summed E-state index contributed by atoms with van der Waals surface area (Å²) < 4.78 is 12.6. The summed E-state index contributed by atoms with van der Waals surface area (Å²) in [5.74, 6) is -0.223. The minimum Gasteiger partial charge on any atom is -0.392 e. The summed E-state index contributed by atoms with van der Waals surface area (Å²) in [5.41, 5.74) is 0.968. The standard InChI is InChI=1S/C12H16FNO/c1-10(15)9-14-8-2-3-11-4-6-12(13)7-5-11/h2-7,10,14-15H,8-9H2,1H3/b3-2+/t10-/m1/s1. The van der Waals surface area contributed by atoms with E-state index in [0.29, 0.717) is 13.1 Å². The fourth-order valence-electron chi connectivity index (χ4n) is 1.14. The monoisotopic (exact) mass is 209 g/mol. The van der Waals surface area contributed by atoms with Crippen molar-refractivity contribution in [3.8, 4) is 0 Å². The molecule has 1 atom stereocenters. The molecule has 1 aromatic rings. The number of halogens is 1. The highest BCUT2D eigenvalue weighted by molar-refractivity contribution is 5.48. The molecule has 1 rings (SSSR count). The average molecular weight is 209 g/mol. The molecular formula is C12H16FNO. The lowest BCUT2D eigenvalue weighted by Crippen LogP contribution is -2.24. The Labute approximate surface area is 89.4 Å². The van der Waals surface area contributed by atoms with Crippen molar-refractivity contribution in [2.45, 2.75) is 13.0 Å². The molecule has 0 aromatic heterocycles. The first kappa shape index (κ1) is 11.9. The Balaban J connectivity index is 2.29. The van der Waals surface area contributed by atoms with Crippen LogP contribution in [-0.2, 0) is 0 Å². The molecule has 0 spiro atoms. The highest BCUT2D eigenvalue weighted by atomic mass is 19.1. The number of benzene rings is 1. The van der Waals surface area contributed by atoms with Gasteiger partial charge in [-0.15, -0.1) is 0 Å². The molecule has 0 unspecified atom stereocenters. The summed E-state index contributed by atoms with van der Waals surface area (Å²) in [6, 6.07) is 6.31. The van der Waals surface area contributed by atoms with Gasteiger partial charge in [0.25, 0.3) is 0 Å². The second-order valence-corrected chi connectivity index (χ2v) is 3.46. The van der Waals surface area contributed by atoms with Gasteiger partial charge in [-0.25, -0.2) is 4.39 Å². The topological polar surface area (TPSA) is 32.3 Å². The number of aliphatic hydroxyl groups is 1. The second kappa shape index (κ2) is 6.32. The largest absolute Gasteiger partial charge is 0.392 e. The summed E-state index contributed by atoms with van der Waals surface area (Å²) in [5, 5.41) is 12.0. The fraction of sp³-hybridized carbons (Fsp3) is 0.333. The summed E-state index contributed by atoms with van der Waals surface area (Å²) in [6.45, 7) is 3.01. The van der Waals surface area contributed by atoms with Crippen LogP contribution in [0.5, 0.6) is 0 Å². The van der Waals surface area contributed by atoms with Crippen LogP contribution in [0.2, 0.25) is 0 Å². The van der Waals surface area contributed by atoms with Gasteiger partial charge in [-0.1, -0.05) is 24.3 Å². The Morgan fingerprint density at radius 1 is 1.40 bits per heavy atom. The lowest BCUT2D eigenvalue weighted by atomic mass is 10.2. The lowest BCUT2D eigenvalue weighted by molar-refractivity contribution is 0.193. The van der Waals surface area contributed by atoms with Crippen molar-refractivity contribution in [2.24, 2.45) is 0 Å². The van der Waals surface area contributed by atoms with Crippen molar-refractivity contribution < 1.29 is 9.50 Å². The van der Waals surface area contributed by atoms with Gasteiger partial charge in [-0.3, -0.25) is 0 Å². The van der Waals surface area contributed by atoms with Crippen molar-refractivity contribution in [1.29, 1.82) is 0 Å². The van der Waals surface area contributed by atoms with E-state index in [0.717, 1.165) is 5.56 Å². The molecule has 0 radical (unpaired) electrons. The van der Waals surface area contributed by atoms with Crippen molar-refractivity contribution in [3.05, 3.63) is 41.7 Å². The van der Waals surface area contributed by atoms with Gasteiger partial charge in [0, 0.05) is 13.1 Å². The number of rotatable bonds is 5. The Morgan fingerprint density at radius 3 is 2.67 bits per heavy atom. The van der Waals surface area contributed by atoms with E-state index in [2.05, 4.69) is 5.32 Å². The normalized spacial score (nSPS) is 13.3. The fourth-order valence-corrected chi connectivity index (χ4v) is 1.14. The van der Waals surface area contributed by atoms with Gasteiger partial charge in [0.15, 0.2) is 0 Å². The van der Waals surface area contributed by atoms with Crippen LogP contribution in [0.25, 0.3) is 6.08 Å². The molecule has 0 saturated carbocycles. The Hall–Kier alpha value is -1.19. The predicted molar refractivity (Wildman–Crippen MR) is 60.0 cm³/mol. The van der Waals surface area contributed by atoms with E-state index in [-0.39, 0.29) is 11.9 Å². The molecule has 3 heteroatoms. The number of nitrogens with one attached hydrogen (secondary N) is 1. The van der Waals surface area contributed by atoms with Crippen molar-refractivity contribution >= 4 is 6.08 Å². The van der Waals surface area contributed by atoms with E-state index >= 15 is 0 Å². The second-order valence-electron chi connectivity index (χ2n) is 3.46. The Morgan fingerprint density at radius 2 is 2.07 bits per heavy atom. The van der Waals surface area contributed by atoms with Crippen LogP contribution in [0.4, 0.5) is 4.39 Å². The highest BCUT2D eigenvalue weighted by Gasteiger charge is 1.91. The summed E-state index contributed by atoms with van der Waals surface area (Å²) in [6.07, 6.45) is 3.52. The van der Waals surface area contributed by atoms with Crippen molar-refractivity contribution in [2.75, 3.05) is 13.1 Å². The van der Waals surface area contributed by atoms with Gasteiger partial charge in [0.1, 0.15) is 5.82 Å². The predicted octanol–water partition coefficient (Wildman–Crippen LogP) is 1.81. The molecule has 0 aliphatic carbocycles. The lowest BCUT2D eigenvalue weighted by Gasteiger charge is -2.03. The Bertz CT molecular complexity index is 306. The molecule has 82 valence electrons. The molecule has 0 bridgehead atoms. The van der Waals surface area contributed by atoms with E-state index in [9.17, 15) is 4.39 Å². The maximum absolute atomic E-state index is 12.6. The SMILES string of the molecule is C[C@@H](O)CNC/C=C/c1ccc(F)cc1. The maximum Gasteiger partial charge on any atom is 0.123 e. The molecular weight excluding hydrogens is 193 g/mol. The smallest absolute Gasteiger partial charge is 0.123 e. The molecule has 0 aliphatic heterocycles. The highest BCUT2D eigenvalue weighted by Crippen LogP contribution is 2.03. The van der Waals surface area contributed by atoms with Gasteiger partial charge in [-0.2, -0.15) is 0 Å². The summed E-state index contributed by atoms with van der Waals surface area (Å²) in [7, 11) is 0. The third-order valence-corrected chi connectivity index (χ3v) is 1.88. The molecule has 0 saturated heterocycles. The van der Waals surface area contributed by atoms with E-state index in [1.54, 1.807) is 19.1 Å². The minimum absolute atomic E-state index is 0.223. The zero-order valence-corrected chi connectivity index (χ0v) is 8.78. The molecule has 0 fully saturated rings. The van der Waals surface area contributed by atoms with Crippen LogP contribution in [0.1, 0.15) is 12.5 Å². The minimum atomic E-state index is -0.329. The van der Waals surface area contributed by atoms with Gasteiger partial charge in [0.2, 0.25) is 0 Å². The molecule has 1 aromatic carbocycles. The molecule has 0 heterocycles. The van der Waals surface area contributed by atoms with Gasteiger partial charge in [0.05, 0.1) is 6.10 Å². The number of aliphatic hydroxyl groups excluding tert-OH is 1. The first-order valence-corrected chi connectivity index (χ1v) is 4.99. The molecule has 2 nitrogen and oxygen atoms in total. The van der Waals surface area contributed by atoms with Gasteiger partial charge < -0.3 is 10.4 Å². The van der Waals surface area contributed by atoms with Gasteiger partial charge >= 0.3 is 0 Å².